The summed E-state index contributed by atoms with van der Waals surface area (Å²) in [6.07, 6.45) is -8.76. The average molecular weight is 576 g/mol. The van der Waals surface area contributed by atoms with E-state index in [1.807, 2.05) is 5.32 Å². The van der Waals surface area contributed by atoms with Crippen molar-refractivity contribution in [1.29, 1.82) is 0 Å². The van der Waals surface area contributed by atoms with E-state index in [0.29, 0.717) is 25.0 Å². The molecule has 0 radical (unpaired) electrons. The summed E-state index contributed by atoms with van der Waals surface area (Å²) in [6, 6.07) is -1.43. The van der Waals surface area contributed by atoms with Gasteiger partial charge in [0.05, 0.1) is 24.6 Å². The first-order valence-electron chi connectivity index (χ1n) is 10.3. The Hall–Kier alpha value is -3.47. The maximum atomic E-state index is 13.9. The van der Waals surface area contributed by atoms with Crippen molar-refractivity contribution in [2.75, 3.05) is 23.8 Å². The highest BCUT2D eigenvalue weighted by atomic mass is 19.4. The SMILES string of the molecule is CCCOC(=O)Nc1ccc(OC(F)=C(F)C(F)(F)C(F)(F)C(F)(F)C(F)(F)F)cc1NC(=O)OCCC. The fourth-order valence-corrected chi connectivity index (χ4v) is 2.27. The topological polar surface area (TPSA) is 85.9 Å². The molecule has 0 bridgehead atoms. The lowest BCUT2D eigenvalue weighted by molar-refractivity contribution is -0.392. The van der Waals surface area contributed by atoms with Crippen molar-refractivity contribution in [2.45, 2.75) is 50.6 Å². The first-order valence-corrected chi connectivity index (χ1v) is 10.3. The molecule has 0 aliphatic rings. The van der Waals surface area contributed by atoms with Gasteiger partial charge in [-0.3, -0.25) is 10.6 Å². The standard InChI is InChI=1S/C20H19F11N2O5/c1-3-7-36-15(34)32-11-6-5-10(9-12(11)33-16(35)37-8-4-2)38-14(22)13(21)17(23,24)18(25,26)19(27,28)20(29,30)31/h5-6,9H,3-4,7-8H2,1-2H3,(H,32,34)(H,33,35). The highest BCUT2D eigenvalue weighted by molar-refractivity contribution is 5.95. The van der Waals surface area contributed by atoms with Crippen LogP contribution in [0.1, 0.15) is 26.7 Å². The van der Waals surface area contributed by atoms with Crippen LogP contribution < -0.4 is 15.4 Å². The second kappa shape index (κ2) is 12.4. The van der Waals surface area contributed by atoms with Gasteiger partial charge in [0.25, 0.3) is 0 Å². The number of allylic oxidation sites excluding steroid dienone is 1. The third-order valence-electron chi connectivity index (χ3n) is 4.14. The molecule has 2 amide bonds. The predicted molar refractivity (Wildman–Crippen MR) is 108 cm³/mol. The van der Waals surface area contributed by atoms with Crippen LogP contribution in [-0.2, 0) is 9.47 Å². The molecule has 0 unspecified atom stereocenters. The van der Waals surface area contributed by atoms with E-state index < -0.39 is 59.4 Å². The first-order chi connectivity index (χ1) is 17.3. The van der Waals surface area contributed by atoms with Gasteiger partial charge in [-0.05, 0) is 25.0 Å². The van der Waals surface area contributed by atoms with Gasteiger partial charge < -0.3 is 14.2 Å². The third-order valence-corrected chi connectivity index (χ3v) is 4.14. The zero-order chi connectivity index (χ0) is 29.5. The zero-order valence-electron chi connectivity index (χ0n) is 19.3. The lowest BCUT2D eigenvalue weighted by Gasteiger charge is -2.32. The number of alkyl halides is 9. The normalized spacial score (nSPS) is 13.4. The molecule has 0 fully saturated rings. The van der Waals surface area contributed by atoms with Gasteiger partial charge in [0, 0.05) is 6.07 Å². The van der Waals surface area contributed by atoms with Crippen molar-refractivity contribution in [3.63, 3.8) is 0 Å². The molecular formula is C20H19F11N2O5. The molecule has 7 nitrogen and oxygen atoms in total. The highest BCUT2D eigenvalue weighted by Gasteiger charge is 2.83. The number of ether oxygens (including phenoxy) is 3. The van der Waals surface area contributed by atoms with E-state index in [1.54, 1.807) is 13.8 Å². The number of anilines is 2. The van der Waals surface area contributed by atoms with Gasteiger partial charge >= 0.3 is 42.1 Å². The maximum absolute atomic E-state index is 13.9. The monoisotopic (exact) mass is 576 g/mol. The molecule has 2 N–H and O–H groups in total. The van der Waals surface area contributed by atoms with Crippen molar-refractivity contribution in [3.05, 3.63) is 30.0 Å². The molecule has 0 spiro atoms. The van der Waals surface area contributed by atoms with Gasteiger partial charge in [0.1, 0.15) is 5.75 Å². The van der Waals surface area contributed by atoms with Crippen LogP contribution in [0.5, 0.6) is 5.75 Å². The molecule has 1 aromatic rings. The molecule has 0 aromatic heterocycles. The molecule has 0 aliphatic heterocycles. The van der Waals surface area contributed by atoms with Crippen molar-refractivity contribution >= 4 is 23.6 Å². The summed E-state index contributed by atoms with van der Waals surface area (Å²) in [6.45, 7) is 3.11. The summed E-state index contributed by atoms with van der Waals surface area (Å²) in [5, 5.41) is 4.11. The van der Waals surface area contributed by atoms with Gasteiger partial charge in [0.15, 0.2) is 0 Å². The third kappa shape index (κ3) is 7.31. The fraction of sp³-hybridized carbons (Fsp3) is 0.500. The number of hydrogen-bond donors (Lipinski definition) is 2. The first kappa shape index (κ1) is 32.6. The number of amides is 2. The minimum Gasteiger partial charge on any atom is -0.449 e. The molecule has 0 saturated carbocycles. The Morgan fingerprint density at radius 3 is 1.68 bits per heavy atom. The van der Waals surface area contributed by atoms with Crippen LogP contribution in [0.3, 0.4) is 0 Å². The molecule has 38 heavy (non-hydrogen) atoms. The smallest absolute Gasteiger partial charge is 0.449 e. The minimum absolute atomic E-state index is 0.0458. The number of halogens is 11. The maximum Gasteiger partial charge on any atom is 0.460 e. The van der Waals surface area contributed by atoms with Crippen LogP contribution in [0.15, 0.2) is 30.0 Å². The number of rotatable bonds is 11. The van der Waals surface area contributed by atoms with Crippen LogP contribution in [0.4, 0.5) is 69.3 Å². The Kier molecular flexibility index (Phi) is 10.6. The van der Waals surface area contributed by atoms with Crippen molar-refractivity contribution < 1.29 is 72.1 Å². The van der Waals surface area contributed by atoms with Crippen LogP contribution in [0.2, 0.25) is 0 Å². The number of carbonyl (C=O) groups excluding carboxylic acids is 2. The van der Waals surface area contributed by atoms with Crippen LogP contribution in [0, 0.1) is 0 Å². The van der Waals surface area contributed by atoms with Gasteiger partial charge in [-0.15, -0.1) is 0 Å². The Morgan fingerprint density at radius 1 is 0.763 bits per heavy atom. The van der Waals surface area contributed by atoms with Crippen molar-refractivity contribution in [3.8, 4) is 5.75 Å². The summed E-state index contributed by atoms with van der Waals surface area (Å²) in [5.74, 6) is -27.2. The van der Waals surface area contributed by atoms with E-state index in [4.69, 9.17) is 9.47 Å². The summed E-state index contributed by atoms with van der Waals surface area (Å²) < 4.78 is 158. The van der Waals surface area contributed by atoms with E-state index in [-0.39, 0.29) is 18.9 Å². The Balaban J connectivity index is 3.38. The quantitative estimate of drug-likeness (QED) is 0.210. The highest BCUT2D eigenvalue weighted by Crippen LogP contribution is 2.55. The summed E-state index contributed by atoms with van der Waals surface area (Å²) >= 11 is 0. The van der Waals surface area contributed by atoms with E-state index in [0.717, 1.165) is 6.07 Å². The average Bonchev–Trinajstić information content (AvgIpc) is 2.81. The van der Waals surface area contributed by atoms with Crippen molar-refractivity contribution in [2.24, 2.45) is 0 Å². The van der Waals surface area contributed by atoms with E-state index in [1.165, 1.54) is 0 Å². The minimum atomic E-state index is -7.48. The van der Waals surface area contributed by atoms with Crippen LogP contribution in [-0.4, -0.2) is 49.3 Å². The second-order valence-electron chi connectivity index (χ2n) is 7.14. The number of benzene rings is 1. The van der Waals surface area contributed by atoms with Crippen LogP contribution in [0.25, 0.3) is 0 Å². The van der Waals surface area contributed by atoms with Crippen LogP contribution >= 0.6 is 0 Å². The number of hydrogen-bond acceptors (Lipinski definition) is 5. The number of carbonyl (C=O) groups is 2. The lowest BCUT2D eigenvalue weighted by atomic mass is 10.0. The Labute approximate surface area is 206 Å². The molecular weight excluding hydrogens is 557 g/mol. The van der Waals surface area contributed by atoms with Gasteiger partial charge in [-0.2, -0.15) is 48.3 Å². The molecule has 216 valence electrons. The molecule has 0 aliphatic carbocycles. The Morgan fingerprint density at radius 2 is 1.24 bits per heavy atom. The zero-order valence-corrected chi connectivity index (χ0v) is 19.3. The lowest BCUT2D eigenvalue weighted by Crippen LogP contribution is -2.61. The molecule has 0 heterocycles. The van der Waals surface area contributed by atoms with Crippen molar-refractivity contribution in [1.82, 2.24) is 0 Å². The molecule has 1 rings (SSSR count). The van der Waals surface area contributed by atoms with E-state index in [9.17, 15) is 57.9 Å². The molecule has 0 atom stereocenters. The largest absolute Gasteiger partial charge is 0.460 e. The fourth-order valence-electron chi connectivity index (χ4n) is 2.27. The van der Waals surface area contributed by atoms with Gasteiger partial charge in [-0.25, -0.2) is 9.59 Å². The van der Waals surface area contributed by atoms with E-state index in [2.05, 4.69) is 10.1 Å². The van der Waals surface area contributed by atoms with Gasteiger partial charge in [0.2, 0.25) is 5.83 Å². The predicted octanol–water partition coefficient (Wildman–Crippen LogP) is 7.56. The Bertz CT molecular complexity index is 1030. The number of nitrogens with one attached hydrogen (secondary N) is 2. The molecule has 18 heteroatoms. The second-order valence-corrected chi connectivity index (χ2v) is 7.14. The summed E-state index contributed by atoms with van der Waals surface area (Å²) in [7, 11) is 0. The summed E-state index contributed by atoms with van der Waals surface area (Å²) in [4.78, 5) is 23.6. The van der Waals surface area contributed by atoms with E-state index >= 15 is 0 Å². The van der Waals surface area contributed by atoms with Gasteiger partial charge in [-0.1, -0.05) is 13.8 Å². The summed E-state index contributed by atoms with van der Waals surface area (Å²) in [5.41, 5.74) is -0.857. The molecule has 1 aromatic carbocycles. The molecule has 0 saturated heterocycles.